The smallest absolute Gasteiger partial charge is 0.257 e. The number of aromatic amines is 1. The number of H-pyrrole nitrogens is 1. The number of carbonyl (C=O) groups is 2. The van der Waals surface area contributed by atoms with Gasteiger partial charge in [-0.1, -0.05) is 0 Å². The van der Waals surface area contributed by atoms with E-state index in [0.717, 1.165) is 16.5 Å². The average molecular weight is 546 g/mol. The highest BCUT2D eigenvalue weighted by atomic mass is 19.1. The van der Waals surface area contributed by atoms with Crippen molar-refractivity contribution in [2.24, 2.45) is 0 Å². The molecule has 2 amide bonds. The molecule has 4 N–H and O–H groups in total. The number of pyridine rings is 1. The Balaban J connectivity index is 1.16. The second kappa shape index (κ2) is 10.9. The molecular formula is C29H28FN5O5. The van der Waals surface area contributed by atoms with Crippen molar-refractivity contribution >= 4 is 22.7 Å². The Morgan fingerprint density at radius 1 is 1.07 bits per heavy atom. The third-order valence-electron chi connectivity index (χ3n) is 7.23. The van der Waals surface area contributed by atoms with Gasteiger partial charge < -0.3 is 35.1 Å². The molecule has 6 rings (SSSR count). The van der Waals surface area contributed by atoms with Gasteiger partial charge in [0, 0.05) is 35.9 Å². The topological polar surface area (TPSA) is 127 Å². The molecule has 0 aliphatic carbocycles. The molecular weight excluding hydrogens is 517 g/mol. The summed E-state index contributed by atoms with van der Waals surface area (Å²) < 4.78 is 30.4. The lowest BCUT2D eigenvalue weighted by atomic mass is 9.86. The second-order valence-electron chi connectivity index (χ2n) is 9.77. The Morgan fingerprint density at radius 3 is 2.80 bits per heavy atom. The van der Waals surface area contributed by atoms with Crippen molar-refractivity contribution in [2.45, 2.75) is 24.8 Å². The average Bonchev–Trinajstić information content (AvgIpc) is 3.60. The normalized spacial score (nSPS) is 15.5. The van der Waals surface area contributed by atoms with Crippen LogP contribution in [0.3, 0.4) is 0 Å². The van der Waals surface area contributed by atoms with Gasteiger partial charge in [-0.15, -0.1) is 0 Å². The number of carbonyl (C=O) groups excluding carboxylic acids is 2. The van der Waals surface area contributed by atoms with Crippen molar-refractivity contribution in [2.75, 3.05) is 26.4 Å². The number of nitrogens with one attached hydrogen (secondary N) is 4. The van der Waals surface area contributed by atoms with Gasteiger partial charge in [0.2, 0.25) is 18.6 Å². The fourth-order valence-electron chi connectivity index (χ4n) is 5.08. The van der Waals surface area contributed by atoms with Crippen LogP contribution in [0.25, 0.3) is 10.9 Å². The molecule has 0 radical (unpaired) electrons. The lowest BCUT2D eigenvalue weighted by Gasteiger charge is -2.37. The van der Waals surface area contributed by atoms with Crippen LogP contribution in [0.5, 0.6) is 23.1 Å². The maximum Gasteiger partial charge on any atom is 0.257 e. The maximum atomic E-state index is 13.7. The Labute approximate surface area is 229 Å². The van der Waals surface area contributed by atoms with Crippen LogP contribution < -0.4 is 30.2 Å². The number of hydrogen-bond donors (Lipinski definition) is 4. The van der Waals surface area contributed by atoms with Gasteiger partial charge >= 0.3 is 0 Å². The van der Waals surface area contributed by atoms with Crippen molar-refractivity contribution in [1.82, 2.24) is 25.9 Å². The van der Waals surface area contributed by atoms with Crippen molar-refractivity contribution in [1.29, 1.82) is 0 Å². The molecule has 4 heterocycles. The maximum absolute atomic E-state index is 13.7. The number of piperidine rings is 1. The van der Waals surface area contributed by atoms with E-state index in [9.17, 15) is 14.0 Å². The number of fused-ring (bicyclic) bond motifs is 2. The number of halogens is 1. The van der Waals surface area contributed by atoms with Crippen LogP contribution in [0, 0.1) is 5.82 Å². The molecule has 40 heavy (non-hydrogen) atoms. The van der Waals surface area contributed by atoms with Gasteiger partial charge in [0.25, 0.3) is 5.91 Å². The minimum absolute atomic E-state index is 0.106. The monoisotopic (exact) mass is 545 g/mol. The first-order valence-electron chi connectivity index (χ1n) is 13.1. The SMILES string of the molecule is O=C(NC1(C(=O)NCCc2c[nH]c3ccc(F)cc23)CCNCC1)c1cccnc1Oc1ccc2c(c1)OCO2. The lowest BCUT2D eigenvalue weighted by molar-refractivity contribution is -0.128. The fourth-order valence-corrected chi connectivity index (χ4v) is 5.08. The fraction of sp³-hybridized carbons (Fsp3) is 0.276. The van der Waals surface area contributed by atoms with Crippen molar-refractivity contribution < 1.29 is 28.2 Å². The summed E-state index contributed by atoms with van der Waals surface area (Å²) in [7, 11) is 0. The molecule has 1 saturated heterocycles. The third-order valence-corrected chi connectivity index (χ3v) is 7.23. The summed E-state index contributed by atoms with van der Waals surface area (Å²) in [6.07, 6.45) is 4.70. The van der Waals surface area contributed by atoms with Gasteiger partial charge in [-0.25, -0.2) is 9.37 Å². The van der Waals surface area contributed by atoms with E-state index in [2.05, 4.69) is 25.9 Å². The second-order valence-corrected chi connectivity index (χ2v) is 9.77. The van der Waals surface area contributed by atoms with Gasteiger partial charge in [0.15, 0.2) is 11.5 Å². The molecule has 0 spiro atoms. The van der Waals surface area contributed by atoms with Gasteiger partial charge in [0.05, 0.1) is 0 Å². The zero-order valence-electron chi connectivity index (χ0n) is 21.6. The summed E-state index contributed by atoms with van der Waals surface area (Å²) in [5.41, 5.74) is 0.825. The van der Waals surface area contributed by atoms with E-state index >= 15 is 0 Å². The minimum Gasteiger partial charge on any atom is -0.454 e. The number of nitrogens with zero attached hydrogens (tertiary/aromatic N) is 1. The minimum atomic E-state index is -1.11. The first-order valence-corrected chi connectivity index (χ1v) is 13.1. The van der Waals surface area contributed by atoms with Gasteiger partial charge in [-0.3, -0.25) is 9.59 Å². The number of benzene rings is 2. The zero-order valence-corrected chi connectivity index (χ0v) is 21.6. The van der Waals surface area contributed by atoms with Crippen LogP contribution >= 0.6 is 0 Å². The van der Waals surface area contributed by atoms with Gasteiger partial charge in [0.1, 0.15) is 22.7 Å². The Hall–Kier alpha value is -4.64. The predicted molar refractivity (Wildman–Crippen MR) is 144 cm³/mol. The zero-order chi connectivity index (χ0) is 27.5. The first-order chi connectivity index (χ1) is 19.5. The number of aromatic nitrogens is 2. The summed E-state index contributed by atoms with van der Waals surface area (Å²) >= 11 is 0. The van der Waals surface area contributed by atoms with Crippen LogP contribution in [0.2, 0.25) is 0 Å². The molecule has 2 aliphatic rings. The van der Waals surface area contributed by atoms with E-state index in [1.165, 1.54) is 18.3 Å². The van der Waals surface area contributed by atoms with Crippen LogP contribution in [-0.2, 0) is 11.2 Å². The molecule has 0 unspecified atom stereocenters. The Morgan fingerprint density at radius 2 is 1.93 bits per heavy atom. The molecule has 4 aromatic rings. The van der Waals surface area contributed by atoms with E-state index < -0.39 is 11.4 Å². The number of ether oxygens (including phenoxy) is 3. The summed E-state index contributed by atoms with van der Waals surface area (Å²) in [6.45, 7) is 1.61. The number of amides is 2. The van der Waals surface area contributed by atoms with Crippen LogP contribution in [-0.4, -0.2) is 53.7 Å². The summed E-state index contributed by atoms with van der Waals surface area (Å²) in [6, 6.07) is 12.9. The van der Waals surface area contributed by atoms with Gasteiger partial charge in [-0.2, -0.15) is 0 Å². The molecule has 2 aromatic heterocycles. The van der Waals surface area contributed by atoms with Crippen molar-refractivity contribution in [3.8, 4) is 23.1 Å². The molecule has 0 saturated carbocycles. The highest BCUT2D eigenvalue weighted by molar-refractivity contribution is 6.01. The molecule has 2 aromatic carbocycles. The van der Waals surface area contributed by atoms with Crippen LogP contribution in [0.15, 0.2) is 60.9 Å². The highest BCUT2D eigenvalue weighted by Gasteiger charge is 2.41. The standard InChI is InChI=1S/C29H28FN5O5/c30-19-3-5-23-22(14-19)18(16-34-23)7-11-33-28(37)29(8-12-31-13-9-29)35-26(36)21-2-1-10-32-27(21)40-20-4-6-24-25(15-20)39-17-38-24/h1-6,10,14-16,31,34H,7-9,11-13,17H2,(H,33,37)(H,35,36). The molecule has 2 aliphatic heterocycles. The highest BCUT2D eigenvalue weighted by Crippen LogP contribution is 2.37. The lowest BCUT2D eigenvalue weighted by Crippen LogP contribution is -2.63. The predicted octanol–water partition coefficient (Wildman–Crippen LogP) is 3.43. The molecule has 1 fully saturated rings. The van der Waals surface area contributed by atoms with E-state index in [1.54, 1.807) is 36.4 Å². The van der Waals surface area contributed by atoms with Crippen molar-refractivity contribution in [3.63, 3.8) is 0 Å². The van der Waals surface area contributed by atoms with E-state index in [4.69, 9.17) is 14.2 Å². The molecule has 206 valence electrons. The Kier molecular flexibility index (Phi) is 6.95. The summed E-state index contributed by atoms with van der Waals surface area (Å²) in [5, 5.41) is 10.00. The first kappa shape index (κ1) is 25.6. The molecule has 0 atom stereocenters. The third kappa shape index (κ3) is 5.15. The van der Waals surface area contributed by atoms with Crippen LogP contribution in [0.4, 0.5) is 4.39 Å². The van der Waals surface area contributed by atoms with Crippen LogP contribution in [0.1, 0.15) is 28.8 Å². The number of rotatable bonds is 8. The number of hydrogen-bond acceptors (Lipinski definition) is 7. The van der Waals surface area contributed by atoms with E-state index in [1.807, 2.05) is 6.20 Å². The molecule has 11 heteroatoms. The van der Waals surface area contributed by atoms with E-state index in [0.29, 0.717) is 56.1 Å². The van der Waals surface area contributed by atoms with Gasteiger partial charge in [-0.05, 0) is 80.4 Å². The van der Waals surface area contributed by atoms with Crippen molar-refractivity contribution in [3.05, 3.63) is 77.9 Å². The quantitative estimate of drug-likeness (QED) is 0.267. The summed E-state index contributed by atoms with van der Waals surface area (Å²) in [5.74, 6) is 0.650. The molecule has 10 nitrogen and oxygen atoms in total. The largest absolute Gasteiger partial charge is 0.454 e. The van der Waals surface area contributed by atoms with E-state index in [-0.39, 0.29) is 30.0 Å². The molecule has 0 bridgehead atoms. The summed E-state index contributed by atoms with van der Waals surface area (Å²) in [4.78, 5) is 34.5. The Bertz CT molecular complexity index is 1570.